The normalized spacial score (nSPS) is 18.1. The quantitative estimate of drug-likeness (QED) is 0.554. The Morgan fingerprint density at radius 1 is 1.27 bits per heavy atom. The van der Waals surface area contributed by atoms with E-state index in [1.54, 1.807) is 4.90 Å². The van der Waals surface area contributed by atoms with Crippen LogP contribution < -0.4 is 0 Å². The van der Waals surface area contributed by atoms with Crippen molar-refractivity contribution < 1.29 is 4.79 Å². The zero-order valence-electron chi connectivity index (χ0n) is 6.48. The van der Waals surface area contributed by atoms with Crippen LogP contribution >= 0.6 is 11.6 Å². The molecule has 0 aliphatic carbocycles. The summed E-state index contributed by atoms with van der Waals surface area (Å²) >= 11 is 5.48. The van der Waals surface area contributed by atoms with Crippen LogP contribution in [-0.2, 0) is 4.79 Å². The first kappa shape index (κ1) is 8.60. The standard InChI is InChI=1S/C8H12ClNO/c1-7(9)8(11)10-5-3-2-4-6-10/h1-6H2. The molecular formula is C8H12ClNO. The maximum atomic E-state index is 11.2. The lowest BCUT2D eigenvalue weighted by atomic mass is 10.1. The van der Waals surface area contributed by atoms with Crippen LogP contribution in [0.3, 0.4) is 0 Å². The summed E-state index contributed by atoms with van der Waals surface area (Å²) in [6.45, 7) is 5.08. The molecule has 2 nitrogen and oxygen atoms in total. The Morgan fingerprint density at radius 2 is 1.82 bits per heavy atom. The molecule has 0 N–H and O–H groups in total. The number of hydrogen-bond acceptors (Lipinski definition) is 1. The van der Waals surface area contributed by atoms with Crippen molar-refractivity contribution >= 4 is 17.5 Å². The molecule has 1 aliphatic heterocycles. The Labute approximate surface area is 71.8 Å². The topological polar surface area (TPSA) is 20.3 Å². The molecule has 1 saturated heterocycles. The molecule has 11 heavy (non-hydrogen) atoms. The Morgan fingerprint density at radius 3 is 2.27 bits per heavy atom. The fraction of sp³-hybridized carbons (Fsp3) is 0.625. The van der Waals surface area contributed by atoms with E-state index < -0.39 is 0 Å². The number of piperidine rings is 1. The highest BCUT2D eigenvalue weighted by Gasteiger charge is 2.17. The fourth-order valence-corrected chi connectivity index (χ4v) is 1.39. The number of rotatable bonds is 1. The Kier molecular flexibility index (Phi) is 2.94. The van der Waals surface area contributed by atoms with Crippen LogP contribution in [0.5, 0.6) is 0 Å². The average molecular weight is 174 g/mol. The van der Waals surface area contributed by atoms with E-state index in [4.69, 9.17) is 11.6 Å². The minimum absolute atomic E-state index is 0.105. The molecule has 0 spiro atoms. The third kappa shape index (κ3) is 2.22. The summed E-state index contributed by atoms with van der Waals surface area (Å²) in [5, 5.41) is 0.131. The van der Waals surface area contributed by atoms with Gasteiger partial charge in [-0.2, -0.15) is 0 Å². The SMILES string of the molecule is C=C(Cl)C(=O)N1CCCCC1. The molecule has 1 fully saturated rings. The van der Waals surface area contributed by atoms with Gasteiger partial charge in [0, 0.05) is 13.1 Å². The van der Waals surface area contributed by atoms with Crippen molar-refractivity contribution in [2.24, 2.45) is 0 Å². The summed E-state index contributed by atoms with van der Waals surface area (Å²) in [7, 11) is 0. The monoisotopic (exact) mass is 173 g/mol. The van der Waals surface area contributed by atoms with Gasteiger partial charge in [-0.05, 0) is 19.3 Å². The summed E-state index contributed by atoms with van der Waals surface area (Å²) < 4.78 is 0. The summed E-state index contributed by atoms with van der Waals surface area (Å²) in [6, 6.07) is 0. The molecule has 1 rings (SSSR count). The van der Waals surface area contributed by atoms with Crippen molar-refractivity contribution in [1.29, 1.82) is 0 Å². The molecule has 1 heterocycles. The molecule has 0 aromatic rings. The number of likely N-dealkylation sites (tertiary alicyclic amines) is 1. The van der Waals surface area contributed by atoms with E-state index >= 15 is 0 Å². The smallest absolute Gasteiger partial charge is 0.264 e. The van der Waals surface area contributed by atoms with Crippen molar-refractivity contribution in [3.05, 3.63) is 11.6 Å². The molecule has 0 aromatic carbocycles. The van der Waals surface area contributed by atoms with E-state index in [1.165, 1.54) is 6.42 Å². The van der Waals surface area contributed by atoms with Crippen LogP contribution in [0.1, 0.15) is 19.3 Å². The largest absolute Gasteiger partial charge is 0.338 e. The molecule has 0 bridgehead atoms. The molecule has 0 radical (unpaired) electrons. The number of hydrogen-bond donors (Lipinski definition) is 0. The summed E-state index contributed by atoms with van der Waals surface area (Å²) in [4.78, 5) is 13.0. The molecule has 0 unspecified atom stereocenters. The van der Waals surface area contributed by atoms with Gasteiger partial charge in [0.05, 0.1) is 5.03 Å². The Balaban J connectivity index is 2.45. The van der Waals surface area contributed by atoms with E-state index in [-0.39, 0.29) is 10.9 Å². The number of amides is 1. The van der Waals surface area contributed by atoms with E-state index in [0.29, 0.717) is 0 Å². The predicted octanol–water partition coefficient (Wildman–Crippen LogP) is 1.75. The molecular weight excluding hydrogens is 162 g/mol. The van der Waals surface area contributed by atoms with Crippen LogP contribution in [0.4, 0.5) is 0 Å². The van der Waals surface area contributed by atoms with Gasteiger partial charge < -0.3 is 4.90 Å². The second kappa shape index (κ2) is 3.77. The third-order valence-corrected chi connectivity index (χ3v) is 2.04. The van der Waals surface area contributed by atoms with Gasteiger partial charge >= 0.3 is 0 Å². The van der Waals surface area contributed by atoms with Gasteiger partial charge in [-0.1, -0.05) is 18.2 Å². The fourth-order valence-electron chi connectivity index (χ4n) is 1.27. The van der Waals surface area contributed by atoms with E-state index in [0.717, 1.165) is 25.9 Å². The first-order valence-electron chi connectivity index (χ1n) is 3.85. The van der Waals surface area contributed by atoms with Gasteiger partial charge in [0.1, 0.15) is 0 Å². The highest BCUT2D eigenvalue weighted by Crippen LogP contribution is 2.12. The second-order valence-corrected chi connectivity index (χ2v) is 3.21. The Bertz CT molecular complexity index is 173. The molecule has 62 valence electrons. The average Bonchev–Trinajstić information content (AvgIpc) is 2.05. The van der Waals surface area contributed by atoms with Crippen LogP contribution in [-0.4, -0.2) is 23.9 Å². The minimum Gasteiger partial charge on any atom is -0.338 e. The predicted molar refractivity (Wildman–Crippen MR) is 45.4 cm³/mol. The zero-order chi connectivity index (χ0) is 8.27. The summed E-state index contributed by atoms with van der Waals surface area (Å²) in [6.07, 6.45) is 3.41. The van der Waals surface area contributed by atoms with Crippen molar-refractivity contribution in [3.8, 4) is 0 Å². The van der Waals surface area contributed by atoms with Crippen molar-refractivity contribution in [2.45, 2.75) is 19.3 Å². The highest BCUT2D eigenvalue weighted by atomic mass is 35.5. The first-order chi connectivity index (χ1) is 5.22. The summed E-state index contributed by atoms with van der Waals surface area (Å²) in [5.74, 6) is -0.105. The molecule has 0 atom stereocenters. The Hall–Kier alpha value is -0.500. The molecule has 0 aromatic heterocycles. The molecule has 1 aliphatic rings. The van der Waals surface area contributed by atoms with Crippen LogP contribution in [0, 0.1) is 0 Å². The summed E-state index contributed by atoms with van der Waals surface area (Å²) in [5.41, 5.74) is 0. The minimum atomic E-state index is -0.105. The first-order valence-corrected chi connectivity index (χ1v) is 4.23. The lowest BCUT2D eigenvalue weighted by Gasteiger charge is -2.26. The molecule has 1 amide bonds. The van der Waals surface area contributed by atoms with Crippen LogP contribution in [0.15, 0.2) is 11.6 Å². The van der Waals surface area contributed by atoms with Crippen LogP contribution in [0.2, 0.25) is 0 Å². The van der Waals surface area contributed by atoms with Gasteiger partial charge in [0.25, 0.3) is 5.91 Å². The highest BCUT2D eigenvalue weighted by molar-refractivity contribution is 6.41. The van der Waals surface area contributed by atoms with Gasteiger partial charge in [-0.25, -0.2) is 0 Å². The number of halogens is 1. The zero-order valence-corrected chi connectivity index (χ0v) is 7.23. The lowest BCUT2D eigenvalue weighted by molar-refractivity contribution is -0.127. The van der Waals surface area contributed by atoms with E-state index in [9.17, 15) is 4.79 Å². The van der Waals surface area contributed by atoms with Gasteiger partial charge in [0.2, 0.25) is 0 Å². The number of nitrogens with zero attached hydrogens (tertiary/aromatic N) is 1. The third-order valence-electron chi connectivity index (χ3n) is 1.88. The lowest BCUT2D eigenvalue weighted by Crippen LogP contribution is -2.35. The second-order valence-electron chi connectivity index (χ2n) is 2.76. The van der Waals surface area contributed by atoms with Crippen LogP contribution in [0.25, 0.3) is 0 Å². The maximum Gasteiger partial charge on any atom is 0.264 e. The number of carbonyl (C=O) groups excluding carboxylic acids is 1. The molecule has 3 heteroatoms. The van der Waals surface area contributed by atoms with Crippen molar-refractivity contribution in [3.63, 3.8) is 0 Å². The van der Waals surface area contributed by atoms with Gasteiger partial charge in [-0.3, -0.25) is 4.79 Å². The van der Waals surface area contributed by atoms with Gasteiger partial charge in [0.15, 0.2) is 0 Å². The molecule has 0 saturated carbocycles. The van der Waals surface area contributed by atoms with Crippen molar-refractivity contribution in [1.82, 2.24) is 4.90 Å². The number of carbonyl (C=O) groups is 1. The maximum absolute atomic E-state index is 11.2. The van der Waals surface area contributed by atoms with E-state index in [2.05, 4.69) is 6.58 Å². The van der Waals surface area contributed by atoms with Crippen molar-refractivity contribution in [2.75, 3.05) is 13.1 Å². The van der Waals surface area contributed by atoms with Gasteiger partial charge in [-0.15, -0.1) is 0 Å². The van der Waals surface area contributed by atoms with E-state index in [1.807, 2.05) is 0 Å².